The number of hydrogen-bond acceptors (Lipinski definition) is 7. The van der Waals surface area contributed by atoms with Crippen LogP contribution in [0.15, 0.2) is 94.0 Å². The lowest BCUT2D eigenvalue weighted by Gasteiger charge is -2.26. The number of allylic oxidation sites excluding steroid dienone is 1. The molecule has 0 aliphatic carbocycles. The van der Waals surface area contributed by atoms with Crippen LogP contribution in [0.2, 0.25) is 0 Å². The van der Waals surface area contributed by atoms with Gasteiger partial charge < -0.3 is 18.8 Å². The lowest BCUT2D eigenvalue weighted by atomic mass is 9.94. The summed E-state index contributed by atoms with van der Waals surface area (Å²) in [5.41, 5.74) is 3.78. The first-order valence-corrected chi connectivity index (χ1v) is 14.9. The highest BCUT2D eigenvalue weighted by atomic mass is 32.1. The molecule has 44 heavy (non-hydrogen) atoms. The lowest BCUT2D eigenvalue weighted by Crippen LogP contribution is -2.40. The molecule has 6 rings (SSSR count). The van der Waals surface area contributed by atoms with E-state index in [-0.39, 0.29) is 23.6 Å². The van der Waals surface area contributed by atoms with Gasteiger partial charge in [0, 0.05) is 34.8 Å². The normalized spacial score (nSPS) is 14.8. The number of para-hydroxylation sites is 1. The van der Waals surface area contributed by atoms with E-state index < -0.39 is 12.0 Å². The monoisotopic (exact) mass is 611 g/mol. The molecule has 10 heteroatoms. The van der Waals surface area contributed by atoms with Gasteiger partial charge in [0.25, 0.3) is 5.56 Å². The van der Waals surface area contributed by atoms with Gasteiger partial charge in [-0.05, 0) is 61.9 Å². The van der Waals surface area contributed by atoms with Gasteiger partial charge in [-0.3, -0.25) is 9.36 Å². The molecule has 0 amide bonds. The highest BCUT2D eigenvalue weighted by Crippen LogP contribution is 2.38. The third-order valence-electron chi connectivity index (χ3n) is 7.62. The molecule has 0 saturated heterocycles. The average Bonchev–Trinajstić information content (AvgIpc) is 3.53. The second-order valence-electron chi connectivity index (χ2n) is 10.3. The molecule has 0 unspecified atom stereocenters. The Morgan fingerprint density at radius 2 is 1.84 bits per heavy atom. The predicted octanol–water partition coefficient (Wildman–Crippen LogP) is 4.96. The van der Waals surface area contributed by atoms with Crippen molar-refractivity contribution in [2.45, 2.75) is 26.4 Å². The number of esters is 1. The largest absolute Gasteiger partial charge is 0.497 e. The maximum atomic E-state index is 14.2. The highest BCUT2D eigenvalue weighted by Gasteiger charge is 2.35. The van der Waals surface area contributed by atoms with Gasteiger partial charge in [-0.1, -0.05) is 41.7 Å². The third-order valence-corrected chi connectivity index (χ3v) is 8.60. The van der Waals surface area contributed by atoms with Gasteiger partial charge in [-0.25, -0.2) is 14.2 Å². The smallest absolute Gasteiger partial charge is 0.338 e. The van der Waals surface area contributed by atoms with E-state index in [0.29, 0.717) is 38.6 Å². The number of methoxy groups -OCH3 is 2. The fourth-order valence-corrected chi connectivity index (χ4v) is 6.63. The van der Waals surface area contributed by atoms with Crippen molar-refractivity contribution >= 4 is 34.3 Å². The molecule has 8 nitrogen and oxygen atoms in total. The Kier molecular flexibility index (Phi) is 7.92. The van der Waals surface area contributed by atoms with E-state index in [1.807, 2.05) is 36.5 Å². The van der Waals surface area contributed by atoms with Crippen molar-refractivity contribution in [1.82, 2.24) is 9.13 Å². The summed E-state index contributed by atoms with van der Waals surface area (Å²) in [5.74, 6) is 0.204. The van der Waals surface area contributed by atoms with Crippen LogP contribution in [0.25, 0.3) is 17.0 Å². The Morgan fingerprint density at radius 1 is 1.07 bits per heavy atom. The molecule has 1 aliphatic rings. The van der Waals surface area contributed by atoms with Gasteiger partial charge in [0.05, 0.1) is 36.6 Å². The van der Waals surface area contributed by atoms with Crippen LogP contribution in [0.1, 0.15) is 36.6 Å². The summed E-state index contributed by atoms with van der Waals surface area (Å²) in [5, 5.41) is 0.967. The van der Waals surface area contributed by atoms with Crippen molar-refractivity contribution in [3.63, 3.8) is 0 Å². The number of benzene rings is 3. The van der Waals surface area contributed by atoms with Crippen LogP contribution < -0.4 is 24.4 Å². The predicted molar refractivity (Wildman–Crippen MR) is 167 cm³/mol. The number of thiazole rings is 1. The second-order valence-corrected chi connectivity index (χ2v) is 11.3. The number of nitrogens with zero attached hydrogens (tertiary/aromatic N) is 3. The number of carbonyl (C=O) groups is 1. The number of halogens is 1. The number of hydrogen-bond donors (Lipinski definition) is 0. The zero-order valence-electron chi connectivity index (χ0n) is 24.7. The standard InChI is InChI=1S/C34H30FN3O5S/c1-5-43-33(40)30-20(2)36-34-38(31(30)26-17-24(41-3)14-15-28(26)42-4)32(39)29(44-34)16-22-19-37(27-9-7-6-8-25(22)27)18-21-10-12-23(35)13-11-21/h6-17,19,31H,5,18H2,1-4H3/b29-16+/t31-/m1/s1. The summed E-state index contributed by atoms with van der Waals surface area (Å²) in [4.78, 5) is 32.7. The molecule has 2 aromatic heterocycles. The van der Waals surface area contributed by atoms with E-state index >= 15 is 0 Å². The molecule has 3 aromatic carbocycles. The van der Waals surface area contributed by atoms with Crippen LogP contribution in [0.3, 0.4) is 0 Å². The molecule has 0 radical (unpaired) electrons. The van der Waals surface area contributed by atoms with E-state index in [1.54, 1.807) is 51.3 Å². The van der Waals surface area contributed by atoms with Crippen molar-refractivity contribution in [2.24, 2.45) is 4.99 Å². The molecule has 0 N–H and O–H groups in total. The average molecular weight is 612 g/mol. The summed E-state index contributed by atoms with van der Waals surface area (Å²) >= 11 is 1.25. The van der Waals surface area contributed by atoms with E-state index in [2.05, 4.69) is 4.57 Å². The molecule has 0 spiro atoms. The van der Waals surface area contributed by atoms with Gasteiger partial charge in [0.2, 0.25) is 0 Å². The third kappa shape index (κ3) is 5.22. The quantitative estimate of drug-likeness (QED) is 0.232. The second kappa shape index (κ2) is 12.0. The van der Waals surface area contributed by atoms with Crippen LogP contribution in [0.5, 0.6) is 11.5 Å². The van der Waals surface area contributed by atoms with E-state index in [1.165, 1.54) is 35.1 Å². The van der Waals surface area contributed by atoms with Crippen molar-refractivity contribution in [2.75, 3.05) is 20.8 Å². The Balaban J connectivity index is 1.54. The van der Waals surface area contributed by atoms with Gasteiger partial charge in [-0.2, -0.15) is 0 Å². The topological polar surface area (TPSA) is 84.1 Å². The van der Waals surface area contributed by atoms with Crippen LogP contribution >= 0.6 is 11.3 Å². The van der Waals surface area contributed by atoms with Gasteiger partial charge >= 0.3 is 5.97 Å². The summed E-state index contributed by atoms with van der Waals surface area (Å²) in [7, 11) is 3.09. The molecular weight excluding hydrogens is 581 g/mol. The summed E-state index contributed by atoms with van der Waals surface area (Å²) < 4.78 is 34.2. The molecule has 0 saturated carbocycles. The first-order chi connectivity index (χ1) is 21.3. The Labute approximate surface area is 256 Å². The highest BCUT2D eigenvalue weighted by molar-refractivity contribution is 7.07. The van der Waals surface area contributed by atoms with E-state index in [0.717, 1.165) is 22.0 Å². The van der Waals surface area contributed by atoms with Crippen molar-refractivity contribution < 1.29 is 23.4 Å². The number of fused-ring (bicyclic) bond motifs is 2. The fourth-order valence-electron chi connectivity index (χ4n) is 5.59. The Morgan fingerprint density at radius 3 is 2.57 bits per heavy atom. The maximum absolute atomic E-state index is 14.2. The van der Waals surface area contributed by atoms with Crippen LogP contribution in [0.4, 0.5) is 4.39 Å². The molecule has 3 heterocycles. The minimum Gasteiger partial charge on any atom is -0.497 e. The Bertz CT molecular complexity index is 2110. The first kappa shape index (κ1) is 29.1. The zero-order chi connectivity index (χ0) is 31.0. The number of ether oxygens (including phenoxy) is 3. The summed E-state index contributed by atoms with van der Waals surface area (Å²) in [6.07, 6.45) is 3.85. The molecule has 5 aromatic rings. The van der Waals surface area contributed by atoms with E-state index in [4.69, 9.17) is 19.2 Å². The molecule has 0 fully saturated rings. The molecule has 224 valence electrons. The number of aromatic nitrogens is 2. The molecule has 0 bridgehead atoms. The summed E-state index contributed by atoms with van der Waals surface area (Å²) in [6.45, 7) is 4.18. The van der Waals surface area contributed by atoms with Crippen LogP contribution in [-0.4, -0.2) is 35.9 Å². The van der Waals surface area contributed by atoms with Crippen LogP contribution in [-0.2, 0) is 16.1 Å². The SMILES string of the molecule is CCOC(=O)C1=C(C)N=c2s/c(=C/c3cn(Cc4ccc(F)cc4)c4ccccc34)c(=O)n2[C@@H]1c1cc(OC)ccc1OC. The van der Waals surface area contributed by atoms with Gasteiger partial charge in [0.15, 0.2) is 4.80 Å². The summed E-state index contributed by atoms with van der Waals surface area (Å²) in [6, 6.07) is 18.8. The first-order valence-electron chi connectivity index (χ1n) is 14.1. The van der Waals surface area contributed by atoms with Crippen molar-refractivity contribution in [3.05, 3.63) is 126 Å². The van der Waals surface area contributed by atoms with Gasteiger partial charge in [-0.15, -0.1) is 0 Å². The lowest BCUT2D eigenvalue weighted by molar-refractivity contribution is -0.139. The minimum absolute atomic E-state index is 0.171. The van der Waals surface area contributed by atoms with Crippen molar-refractivity contribution in [1.29, 1.82) is 0 Å². The van der Waals surface area contributed by atoms with E-state index in [9.17, 15) is 14.0 Å². The van der Waals surface area contributed by atoms with Crippen LogP contribution in [0, 0.1) is 5.82 Å². The molecular formula is C34H30FN3O5S. The fraction of sp³-hybridized carbons (Fsp3) is 0.206. The van der Waals surface area contributed by atoms with Crippen molar-refractivity contribution in [3.8, 4) is 11.5 Å². The molecule has 1 atom stereocenters. The van der Waals surface area contributed by atoms with Gasteiger partial charge in [0.1, 0.15) is 23.4 Å². The molecule has 1 aliphatic heterocycles. The zero-order valence-corrected chi connectivity index (χ0v) is 25.5. The number of carbonyl (C=O) groups excluding carboxylic acids is 1. The number of rotatable bonds is 8. The Hall–Kier alpha value is -4.96. The minimum atomic E-state index is -0.850. The maximum Gasteiger partial charge on any atom is 0.338 e.